The summed E-state index contributed by atoms with van der Waals surface area (Å²) >= 11 is 0. The number of hydrogen-bond donors (Lipinski definition) is 1. The number of nitrogens with zero attached hydrogens (tertiary/aromatic N) is 3. The molecule has 1 N–H and O–H groups in total. The van der Waals surface area contributed by atoms with Gasteiger partial charge in [0.25, 0.3) is 0 Å². The molecular formula is C20H33IN4. The lowest BCUT2D eigenvalue weighted by Gasteiger charge is -2.22. The average Bonchev–Trinajstić information content (AvgIpc) is 3.10. The molecule has 0 aliphatic carbocycles. The van der Waals surface area contributed by atoms with Gasteiger partial charge in [0, 0.05) is 33.7 Å². The highest BCUT2D eigenvalue weighted by Gasteiger charge is 2.11. The second-order valence-electron chi connectivity index (χ2n) is 6.55. The van der Waals surface area contributed by atoms with Crippen molar-refractivity contribution in [3.05, 3.63) is 48.0 Å². The van der Waals surface area contributed by atoms with Crippen LogP contribution in [0.3, 0.4) is 0 Å². The van der Waals surface area contributed by atoms with E-state index in [2.05, 4.69) is 58.0 Å². The van der Waals surface area contributed by atoms with Crippen LogP contribution in [0.4, 0.5) is 0 Å². The average molecular weight is 456 g/mol. The van der Waals surface area contributed by atoms with Gasteiger partial charge in [0.2, 0.25) is 0 Å². The van der Waals surface area contributed by atoms with Crippen molar-refractivity contribution < 1.29 is 0 Å². The molecule has 1 aliphatic heterocycles. The van der Waals surface area contributed by atoms with Gasteiger partial charge < -0.3 is 10.2 Å². The maximum atomic E-state index is 4.37. The fourth-order valence-electron chi connectivity index (χ4n) is 3.11. The number of aliphatic imine (C=N–C) groups is 1. The van der Waals surface area contributed by atoms with Crippen LogP contribution in [0.5, 0.6) is 0 Å². The standard InChI is InChI=1S/C20H32N4.HI/c1-4-5-6-13-23(3)20(21-2)22-16-18-9-11-19(12-10-18)17-24-14-7-8-15-24;/h4,9-12H,1,5-8,13-17H2,2-3H3,(H,21,22);1H. The first-order chi connectivity index (χ1) is 11.7. The van der Waals surface area contributed by atoms with Crippen LogP contribution < -0.4 is 5.32 Å². The Balaban J connectivity index is 0.00000312. The molecule has 1 aromatic carbocycles. The highest BCUT2D eigenvalue weighted by Crippen LogP contribution is 2.13. The smallest absolute Gasteiger partial charge is 0.193 e. The van der Waals surface area contributed by atoms with Crippen molar-refractivity contribution in [3.8, 4) is 0 Å². The van der Waals surface area contributed by atoms with E-state index in [0.717, 1.165) is 38.4 Å². The van der Waals surface area contributed by atoms with E-state index >= 15 is 0 Å². The van der Waals surface area contributed by atoms with Crippen molar-refractivity contribution in [3.63, 3.8) is 0 Å². The van der Waals surface area contributed by atoms with Gasteiger partial charge in [-0.3, -0.25) is 9.89 Å². The summed E-state index contributed by atoms with van der Waals surface area (Å²) in [5.41, 5.74) is 2.70. The molecule has 1 fully saturated rings. The molecule has 0 bridgehead atoms. The molecule has 1 heterocycles. The minimum Gasteiger partial charge on any atom is -0.352 e. The van der Waals surface area contributed by atoms with Crippen LogP contribution in [0.25, 0.3) is 0 Å². The van der Waals surface area contributed by atoms with Crippen molar-refractivity contribution in [1.29, 1.82) is 0 Å². The van der Waals surface area contributed by atoms with Crippen LogP contribution in [0, 0.1) is 0 Å². The molecule has 0 spiro atoms. The molecule has 4 nitrogen and oxygen atoms in total. The molecule has 0 unspecified atom stereocenters. The Bertz CT molecular complexity index is 521. The van der Waals surface area contributed by atoms with E-state index in [1.165, 1.54) is 37.1 Å². The van der Waals surface area contributed by atoms with E-state index in [0.29, 0.717) is 0 Å². The summed E-state index contributed by atoms with van der Waals surface area (Å²) in [5, 5.41) is 3.44. The molecule has 140 valence electrons. The number of hydrogen-bond acceptors (Lipinski definition) is 2. The zero-order valence-corrected chi connectivity index (χ0v) is 18.0. The van der Waals surface area contributed by atoms with Crippen LogP contribution in [-0.4, -0.2) is 49.5 Å². The lowest BCUT2D eigenvalue weighted by atomic mass is 10.1. The zero-order valence-electron chi connectivity index (χ0n) is 15.7. The van der Waals surface area contributed by atoms with Crippen LogP contribution >= 0.6 is 24.0 Å². The maximum absolute atomic E-state index is 4.37. The molecule has 0 amide bonds. The summed E-state index contributed by atoms with van der Waals surface area (Å²) in [4.78, 5) is 9.07. The molecule has 25 heavy (non-hydrogen) atoms. The molecule has 0 radical (unpaired) electrons. The van der Waals surface area contributed by atoms with Gasteiger partial charge in [-0.05, 0) is 49.9 Å². The summed E-state index contributed by atoms with van der Waals surface area (Å²) < 4.78 is 0. The molecule has 2 rings (SSSR count). The van der Waals surface area contributed by atoms with Gasteiger partial charge >= 0.3 is 0 Å². The third-order valence-corrected chi connectivity index (χ3v) is 4.55. The second-order valence-corrected chi connectivity index (χ2v) is 6.55. The summed E-state index contributed by atoms with van der Waals surface area (Å²) in [6.07, 6.45) is 6.81. The van der Waals surface area contributed by atoms with Gasteiger partial charge in [0.15, 0.2) is 5.96 Å². The van der Waals surface area contributed by atoms with Gasteiger partial charge in [-0.15, -0.1) is 30.6 Å². The quantitative estimate of drug-likeness (QED) is 0.212. The molecular weight excluding hydrogens is 423 g/mol. The first-order valence-corrected chi connectivity index (χ1v) is 9.06. The predicted molar refractivity (Wildman–Crippen MR) is 119 cm³/mol. The van der Waals surface area contributed by atoms with Crippen molar-refractivity contribution in [2.45, 2.75) is 38.8 Å². The summed E-state index contributed by atoms with van der Waals surface area (Å²) in [7, 11) is 3.92. The van der Waals surface area contributed by atoms with Gasteiger partial charge in [0.1, 0.15) is 0 Å². The van der Waals surface area contributed by atoms with E-state index in [1.807, 2.05) is 13.1 Å². The Labute approximate surface area is 170 Å². The second kappa shape index (κ2) is 12.3. The predicted octanol–water partition coefficient (Wildman–Crippen LogP) is 3.87. The largest absolute Gasteiger partial charge is 0.352 e. The van der Waals surface area contributed by atoms with Crippen molar-refractivity contribution in [2.75, 3.05) is 33.7 Å². The summed E-state index contributed by atoms with van der Waals surface area (Å²) in [6, 6.07) is 8.96. The first-order valence-electron chi connectivity index (χ1n) is 9.06. The number of nitrogens with one attached hydrogen (secondary N) is 1. The number of unbranched alkanes of at least 4 members (excludes halogenated alkanes) is 1. The third kappa shape index (κ3) is 7.77. The molecule has 1 saturated heterocycles. The fourth-order valence-corrected chi connectivity index (χ4v) is 3.11. The highest BCUT2D eigenvalue weighted by atomic mass is 127. The Morgan fingerprint density at radius 3 is 2.48 bits per heavy atom. The maximum Gasteiger partial charge on any atom is 0.193 e. The molecule has 5 heteroatoms. The highest BCUT2D eigenvalue weighted by molar-refractivity contribution is 14.0. The van der Waals surface area contributed by atoms with E-state index in [9.17, 15) is 0 Å². The minimum absolute atomic E-state index is 0. The van der Waals surface area contributed by atoms with Crippen LogP contribution in [0.2, 0.25) is 0 Å². The topological polar surface area (TPSA) is 30.9 Å². The lowest BCUT2D eigenvalue weighted by Crippen LogP contribution is -2.38. The Kier molecular flexibility index (Phi) is 10.8. The number of rotatable bonds is 8. The van der Waals surface area contributed by atoms with Crippen LogP contribution in [-0.2, 0) is 13.1 Å². The number of allylic oxidation sites excluding steroid dienone is 1. The van der Waals surface area contributed by atoms with E-state index in [1.54, 1.807) is 0 Å². The third-order valence-electron chi connectivity index (χ3n) is 4.55. The van der Waals surface area contributed by atoms with Gasteiger partial charge in [-0.25, -0.2) is 0 Å². The van der Waals surface area contributed by atoms with E-state index in [-0.39, 0.29) is 24.0 Å². The van der Waals surface area contributed by atoms with Crippen molar-refractivity contribution in [1.82, 2.24) is 15.1 Å². The fraction of sp³-hybridized carbons (Fsp3) is 0.550. The number of halogens is 1. The van der Waals surface area contributed by atoms with Gasteiger partial charge in [-0.2, -0.15) is 0 Å². The number of benzene rings is 1. The normalized spacial score (nSPS) is 14.9. The number of likely N-dealkylation sites (tertiary alicyclic amines) is 1. The Hall–Kier alpha value is -1.08. The van der Waals surface area contributed by atoms with Gasteiger partial charge in [0.05, 0.1) is 0 Å². The summed E-state index contributed by atoms with van der Waals surface area (Å²) in [5.74, 6) is 0.945. The summed E-state index contributed by atoms with van der Waals surface area (Å²) in [6.45, 7) is 9.15. The zero-order chi connectivity index (χ0) is 17.2. The van der Waals surface area contributed by atoms with E-state index < -0.39 is 0 Å². The molecule has 0 saturated carbocycles. The van der Waals surface area contributed by atoms with Crippen molar-refractivity contribution >= 4 is 29.9 Å². The Morgan fingerprint density at radius 1 is 1.24 bits per heavy atom. The lowest BCUT2D eigenvalue weighted by molar-refractivity contribution is 0.331. The number of guanidine groups is 1. The van der Waals surface area contributed by atoms with Crippen LogP contribution in [0.15, 0.2) is 41.9 Å². The Morgan fingerprint density at radius 2 is 1.88 bits per heavy atom. The van der Waals surface area contributed by atoms with Crippen molar-refractivity contribution in [2.24, 2.45) is 4.99 Å². The van der Waals surface area contributed by atoms with Crippen LogP contribution in [0.1, 0.15) is 36.8 Å². The minimum atomic E-state index is 0. The molecule has 1 aliphatic rings. The molecule has 0 atom stereocenters. The molecule has 0 aromatic heterocycles. The monoisotopic (exact) mass is 456 g/mol. The van der Waals surface area contributed by atoms with E-state index in [4.69, 9.17) is 0 Å². The van der Waals surface area contributed by atoms with Gasteiger partial charge in [-0.1, -0.05) is 30.3 Å². The first kappa shape index (κ1) is 22.0. The SMILES string of the molecule is C=CCCCN(C)C(=NC)NCc1ccc(CN2CCCC2)cc1.I. The molecule has 1 aromatic rings.